The third-order valence-electron chi connectivity index (χ3n) is 3.53. The Balaban J connectivity index is 1.87. The second-order valence-electron chi connectivity index (χ2n) is 4.92. The van der Waals surface area contributed by atoms with Crippen molar-refractivity contribution in [3.63, 3.8) is 0 Å². The molecule has 0 atom stereocenters. The molecule has 0 bridgehead atoms. The summed E-state index contributed by atoms with van der Waals surface area (Å²) in [4.78, 5) is 5.48. The molecule has 0 saturated carbocycles. The summed E-state index contributed by atoms with van der Waals surface area (Å²) in [5.74, 6) is 2.27. The Morgan fingerprint density at radius 3 is 2.46 bits per heavy atom. The molecule has 1 heterocycles. The van der Waals surface area contributed by atoms with Crippen LogP contribution in [0.25, 0.3) is 10.4 Å². The number of anilines is 2. The Morgan fingerprint density at radius 1 is 0.917 bits per heavy atom. The summed E-state index contributed by atoms with van der Waals surface area (Å²) in [5.41, 5.74) is 1.85. The van der Waals surface area contributed by atoms with E-state index in [0.717, 1.165) is 32.8 Å². The molecule has 1 aromatic heterocycles. The lowest BCUT2D eigenvalue weighted by atomic mass is 10.2. The molecule has 1 N–H and O–H groups in total. The van der Waals surface area contributed by atoms with Crippen molar-refractivity contribution in [2.75, 3.05) is 26.6 Å². The molecule has 6 heteroatoms. The molecule has 0 aliphatic carbocycles. The monoisotopic (exact) mass is 342 g/mol. The van der Waals surface area contributed by atoms with Gasteiger partial charge in [-0.3, -0.25) is 0 Å². The number of rotatable bonds is 6. The van der Waals surface area contributed by atoms with Crippen LogP contribution in [0.4, 0.5) is 10.8 Å². The minimum absolute atomic E-state index is 0.698. The van der Waals surface area contributed by atoms with E-state index in [1.807, 2.05) is 48.7 Å². The van der Waals surface area contributed by atoms with Crippen LogP contribution in [0.2, 0.25) is 0 Å². The number of methoxy groups -OCH3 is 3. The first-order valence-electron chi connectivity index (χ1n) is 7.33. The molecule has 3 rings (SSSR count). The molecule has 0 amide bonds. The van der Waals surface area contributed by atoms with Crippen molar-refractivity contribution >= 4 is 22.2 Å². The highest BCUT2D eigenvalue weighted by molar-refractivity contribution is 7.19. The zero-order valence-electron chi connectivity index (χ0n) is 13.7. The van der Waals surface area contributed by atoms with E-state index in [2.05, 4.69) is 10.3 Å². The van der Waals surface area contributed by atoms with E-state index in [9.17, 15) is 0 Å². The highest BCUT2D eigenvalue weighted by Crippen LogP contribution is 2.38. The Hall–Kier alpha value is -2.73. The van der Waals surface area contributed by atoms with Gasteiger partial charge in [0.2, 0.25) is 0 Å². The van der Waals surface area contributed by atoms with Crippen LogP contribution in [0.15, 0.2) is 48.7 Å². The van der Waals surface area contributed by atoms with Crippen molar-refractivity contribution < 1.29 is 14.2 Å². The lowest BCUT2D eigenvalue weighted by Crippen LogP contribution is -1.94. The van der Waals surface area contributed by atoms with Gasteiger partial charge in [0.25, 0.3) is 0 Å². The molecular weight excluding hydrogens is 324 g/mol. The van der Waals surface area contributed by atoms with Gasteiger partial charge in [0, 0.05) is 17.8 Å². The minimum Gasteiger partial charge on any atom is -0.497 e. The summed E-state index contributed by atoms with van der Waals surface area (Å²) >= 11 is 1.55. The van der Waals surface area contributed by atoms with Crippen LogP contribution < -0.4 is 19.5 Å². The number of thiazole rings is 1. The molecule has 0 saturated heterocycles. The minimum atomic E-state index is 0.698. The SMILES string of the molecule is COc1ccc(Nc2ncc(-c3ccccc3OC)s2)c(OC)c1. The van der Waals surface area contributed by atoms with Crippen LogP contribution in [-0.2, 0) is 0 Å². The van der Waals surface area contributed by atoms with Gasteiger partial charge in [-0.25, -0.2) is 4.98 Å². The molecule has 0 unspecified atom stereocenters. The number of nitrogens with one attached hydrogen (secondary N) is 1. The smallest absolute Gasteiger partial charge is 0.187 e. The molecular formula is C18H18N2O3S. The fraction of sp³-hybridized carbons (Fsp3) is 0.167. The Kier molecular flexibility index (Phi) is 4.86. The maximum Gasteiger partial charge on any atom is 0.187 e. The van der Waals surface area contributed by atoms with Gasteiger partial charge in [0.05, 0.1) is 31.9 Å². The standard InChI is InChI=1S/C18H18N2O3S/c1-21-12-8-9-14(16(10-12)23-3)20-18-19-11-17(24-18)13-6-4-5-7-15(13)22-2/h4-11H,1-3H3,(H,19,20). The fourth-order valence-corrected chi connectivity index (χ4v) is 3.18. The average Bonchev–Trinajstić information content (AvgIpc) is 3.10. The highest BCUT2D eigenvalue weighted by Gasteiger charge is 2.11. The lowest BCUT2D eigenvalue weighted by Gasteiger charge is -2.10. The van der Waals surface area contributed by atoms with Crippen LogP contribution in [0.5, 0.6) is 17.2 Å². The molecule has 24 heavy (non-hydrogen) atoms. The normalized spacial score (nSPS) is 10.3. The number of aromatic nitrogens is 1. The highest BCUT2D eigenvalue weighted by atomic mass is 32.1. The molecule has 3 aromatic rings. The van der Waals surface area contributed by atoms with Gasteiger partial charge in [0.15, 0.2) is 5.13 Å². The number of hydrogen-bond acceptors (Lipinski definition) is 6. The van der Waals surface area contributed by atoms with Crippen molar-refractivity contribution in [1.29, 1.82) is 0 Å². The third-order valence-corrected chi connectivity index (χ3v) is 4.47. The maximum atomic E-state index is 5.41. The number of benzene rings is 2. The lowest BCUT2D eigenvalue weighted by molar-refractivity contribution is 0.395. The van der Waals surface area contributed by atoms with E-state index in [0.29, 0.717) is 5.75 Å². The van der Waals surface area contributed by atoms with Gasteiger partial charge >= 0.3 is 0 Å². The van der Waals surface area contributed by atoms with Crippen molar-refractivity contribution in [3.05, 3.63) is 48.7 Å². The zero-order chi connectivity index (χ0) is 16.9. The first-order valence-corrected chi connectivity index (χ1v) is 8.15. The van der Waals surface area contributed by atoms with Gasteiger partial charge < -0.3 is 19.5 Å². The third kappa shape index (κ3) is 3.28. The largest absolute Gasteiger partial charge is 0.497 e. The topological polar surface area (TPSA) is 52.6 Å². The van der Waals surface area contributed by atoms with E-state index < -0.39 is 0 Å². The van der Waals surface area contributed by atoms with Crippen molar-refractivity contribution in [2.24, 2.45) is 0 Å². The summed E-state index contributed by atoms with van der Waals surface area (Å²) < 4.78 is 16.0. The Morgan fingerprint density at radius 2 is 1.71 bits per heavy atom. The molecule has 2 aromatic carbocycles. The van der Waals surface area contributed by atoms with Gasteiger partial charge in [0.1, 0.15) is 17.2 Å². The van der Waals surface area contributed by atoms with Crippen LogP contribution >= 0.6 is 11.3 Å². The summed E-state index contributed by atoms with van der Waals surface area (Å²) in [7, 11) is 4.92. The molecule has 0 radical (unpaired) electrons. The van der Waals surface area contributed by atoms with Crippen LogP contribution in [0.3, 0.4) is 0 Å². The van der Waals surface area contributed by atoms with E-state index in [1.165, 1.54) is 0 Å². The first-order chi connectivity index (χ1) is 11.7. The number of hydrogen-bond donors (Lipinski definition) is 1. The van der Waals surface area contributed by atoms with Gasteiger partial charge in [-0.05, 0) is 24.3 Å². The Labute approximate surface area is 144 Å². The predicted octanol–water partition coefficient (Wildman–Crippen LogP) is 4.58. The second kappa shape index (κ2) is 7.23. The molecule has 0 spiro atoms. The maximum absolute atomic E-state index is 5.41. The second-order valence-corrected chi connectivity index (χ2v) is 5.95. The van der Waals surface area contributed by atoms with E-state index >= 15 is 0 Å². The summed E-state index contributed by atoms with van der Waals surface area (Å²) in [6.45, 7) is 0. The van der Waals surface area contributed by atoms with E-state index in [1.54, 1.807) is 32.7 Å². The van der Waals surface area contributed by atoms with E-state index in [4.69, 9.17) is 14.2 Å². The quantitative estimate of drug-likeness (QED) is 0.710. The number of nitrogens with zero attached hydrogens (tertiary/aromatic N) is 1. The molecule has 0 aliphatic heterocycles. The van der Waals surface area contributed by atoms with Crippen LogP contribution in [0.1, 0.15) is 0 Å². The van der Waals surface area contributed by atoms with Crippen molar-refractivity contribution in [1.82, 2.24) is 4.98 Å². The van der Waals surface area contributed by atoms with Crippen LogP contribution in [-0.4, -0.2) is 26.3 Å². The summed E-state index contributed by atoms with van der Waals surface area (Å²) in [5, 5.41) is 4.07. The molecule has 0 aliphatic rings. The van der Waals surface area contributed by atoms with Gasteiger partial charge in [-0.2, -0.15) is 0 Å². The molecule has 5 nitrogen and oxygen atoms in total. The average molecular weight is 342 g/mol. The predicted molar refractivity (Wildman–Crippen MR) is 96.9 cm³/mol. The number of para-hydroxylation sites is 1. The molecule has 124 valence electrons. The van der Waals surface area contributed by atoms with Gasteiger partial charge in [-0.15, -0.1) is 0 Å². The summed E-state index contributed by atoms with van der Waals surface area (Å²) in [6, 6.07) is 13.5. The number of ether oxygens (including phenoxy) is 3. The fourth-order valence-electron chi connectivity index (χ4n) is 2.32. The Bertz CT molecular complexity index is 833. The van der Waals surface area contributed by atoms with Gasteiger partial charge in [-0.1, -0.05) is 23.5 Å². The summed E-state index contributed by atoms with van der Waals surface area (Å²) in [6.07, 6.45) is 1.83. The first kappa shape index (κ1) is 16.1. The van der Waals surface area contributed by atoms with E-state index in [-0.39, 0.29) is 0 Å². The molecule has 0 fully saturated rings. The van der Waals surface area contributed by atoms with Crippen LogP contribution in [0, 0.1) is 0 Å². The van der Waals surface area contributed by atoms with Crippen molar-refractivity contribution in [3.8, 4) is 27.7 Å². The zero-order valence-corrected chi connectivity index (χ0v) is 14.5. The van der Waals surface area contributed by atoms with Crippen molar-refractivity contribution in [2.45, 2.75) is 0 Å².